The van der Waals surface area contributed by atoms with Crippen LogP contribution in [0.5, 0.6) is 0 Å². The fraction of sp³-hybridized carbons (Fsp3) is 0.500. The molecule has 15 heavy (non-hydrogen) atoms. The van der Waals surface area contributed by atoms with Crippen molar-refractivity contribution >= 4 is 15.9 Å². The van der Waals surface area contributed by atoms with E-state index in [4.69, 9.17) is 5.73 Å². The summed E-state index contributed by atoms with van der Waals surface area (Å²) in [6, 6.07) is 8.99. The molecule has 1 aromatic rings. The van der Waals surface area contributed by atoms with Gasteiger partial charge >= 0.3 is 0 Å². The number of piperidine rings is 1. The number of likely N-dealkylation sites (tertiary alicyclic amines) is 1. The van der Waals surface area contributed by atoms with Gasteiger partial charge in [-0.2, -0.15) is 0 Å². The van der Waals surface area contributed by atoms with Gasteiger partial charge in [-0.05, 0) is 43.6 Å². The summed E-state index contributed by atoms with van der Waals surface area (Å²) in [5.41, 5.74) is 7.26. The highest BCUT2D eigenvalue weighted by atomic mass is 79.9. The van der Waals surface area contributed by atoms with Crippen molar-refractivity contribution in [2.45, 2.75) is 25.4 Å². The molecular formula is C12H17BrN2. The predicted molar refractivity (Wildman–Crippen MR) is 66.6 cm³/mol. The van der Waals surface area contributed by atoms with Crippen LogP contribution in [0.15, 0.2) is 28.7 Å². The van der Waals surface area contributed by atoms with E-state index in [1.807, 2.05) is 0 Å². The van der Waals surface area contributed by atoms with Crippen LogP contribution < -0.4 is 5.73 Å². The molecule has 1 aliphatic heterocycles. The van der Waals surface area contributed by atoms with Crippen molar-refractivity contribution in [3.05, 3.63) is 34.3 Å². The maximum atomic E-state index is 5.88. The second-order valence-corrected chi connectivity index (χ2v) is 5.16. The number of benzene rings is 1. The molecule has 2 N–H and O–H groups in total. The molecule has 2 rings (SSSR count). The van der Waals surface area contributed by atoms with Gasteiger partial charge in [0.25, 0.3) is 0 Å². The second-order valence-electron chi connectivity index (χ2n) is 4.24. The smallest absolute Gasteiger partial charge is 0.0233 e. The molecule has 1 aliphatic rings. The van der Waals surface area contributed by atoms with Crippen LogP contribution in [0.4, 0.5) is 0 Å². The number of nitrogens with two attached hydrogens (primary N) is 1. The van der Waals surface area contributed by atoms with Crippen LogP contribution in [0.25, 0.3) is 0 Å². The number of nitrogens with zero attached hydrogens (tertiary/aromatic N) is 1. The third-order valence-corrected chi connectivity index (χ3v) is 3.48. The molecule has 1 fully saturated rings. The van der Waals surface area contributed by atoms with Crippen molar-refractivity contribution in [2.75, 3.05) is 13.1 Å². The van der Waals surface area contributed by atoms with Gasteiger partial charge in [-0.1, -0.05) is 28.1 Å². The molecule has 0 aromatic heterocycles. The molecule has 1 heterocycles. The fourth-order valence-corrected chi connectivity index (χ4v) is 2.22. The molecule has 1 saturated heterocycles. The number of rotatable bonds is 2. The molecule has 0 amide bonds. The lowest BCUT2D eigenvalue weighted by Gasteiger charge is -2.30. The molecule has 0 radical (unpaired) electrons. The second kappa shape index (κ2) is 5.10. The molecule has 0 unspecified atom stereocenters. The summed E-state index contributed by atoms with van der Waals surface area (Å²) in [5, 5.41) is 0. The van der Waals surface area contributed by atoms with Crippen molar-refractivity contribution < 1.29 is 0 Å². The van der Waals surface area contributed by atoms with E-state index < -0.39 is 0 Å². The molecule has 0 bridgehead atoms. The van der Waals surface area contributed by atoms with E-state index in [0.29, 0.717) is 6.04 Å². The van der Waals surface area contributed by atoms with E-state index in [1.165, 1.54) is 5.56 Å². The van der Waals surface area contributed by atoms with Gasteiger partial charge in [0.2, 0.25) is 0 Å². The average Bonchev–Trinajstić information content (AvgIpc) is 2.25. The van der Waals surface area contributed by atoms with Gasteiger partial charge in [0.05, 0.1) is 0 Å². The average molecular weight is 269 g/mol. The van der Waals surface area contributed by atoms with E-state index in [1.54, 1.807) is 0 Å². The molecule has 82 valence electrons. The van der Waals surface area contributed by atoms with Gasteiger partial charge in [-0.25, -0.2) is 0 Å². The number of hydrogen-bond acceptors (Lipinski definition) is 2. The van der Waals surface area contributed by atoms with Gasteiger partial charge in [0, 0.05) is 17.1 Å². The molecule has 0 aliphatic carbocycles. The van der Waals surface area contributed by atoms with Crippen molar-refractivity contribution in [3.8, 4) is 0 Å². The number of halogens is 1. The summed E-state index contributed by atoms with van der Waals surface area (Å²) in [6.45, 7) is 3.33. The molecule has 2 nitrogen and oxygen atoms in total. The molecule has 0 atom stereocenters. The SMILES string of the molecule is NC1CCN(Cc2ccc(Br)cc2)CC1. The summed E-state index contributed by atoms with van der Waals surface area (Å²) in [7, 11) is 0. The zero-order valence-corrected chi connectivity index (χ0v) is 10.4. The first-order chi connectivity index (χ1) is 7.24. The molecule has 1 aromatic carbocycles. The van der Waals surface area contributed by atoms with Gasteiger partial charge in [-0.15, -0.1) is 0 Å². The van der Waals surface area contributed by atoms with Crippen molar-refractivity contribution in [2.24, 2.45) is 5.73 Å². The molecular weight excluding hydrogens is 252 g/mol. The zero-order chi connectivity index (χ0) is 10.7. The summed E-state index contributed by atoms with van der Waals surface area (Å²) in [5.74, 6) is 0. The third-order valence-electron chi connectivity index (χ3n) is 2.95. The van der Waals surface area contributed by atoms with Crippen molar-refractivity contribution in [1.29, 1.82) is 0 Å². The first-order valence-corrected chi connectivity index (χ1v) is 6.26. The minimum atomic E-state index is 0.422. The van der Waals surface area contributed by atoms with E-state index >= 15 is 0 Å². The van der Waals surface area contributed by atoms with Gasteiger partial charge in [0.1, 0.15) is 0 Å². The van der Waals surface area contributed by atoms with E-state index in [0.717, 1.165) is 36.9 Å². The van der Waals surface area contributed by atoms with Gasteiger partial charge in [0.15, 0.2) is 0 Å². The predicted octanol–water partition coefficient (Wildman–Crippen LogP) is 2.37. The highest BCUT2D eigenvalue weighted by Gasteiger charge is 2.15. The first-order valence-electron chi connectivity index (χ1n) is 5.46. The highest BCUT2D eigenvalue weighted by molar-refractivity contribution is 9.10. The van der Waals surface area contributed by atoms with Crippen LogP contribution in [-0.2, 0) is 6.54 Å². The summed E-state index contributed by atoms with van der Waals surface area (Å²) < 4.78 is 1.15. The zero-order valence-electron chi connectivity index (χ0n) is 8.82. The first kappa shape index (κ1) is 11.1. The Morgan fingerprint density at radius 3 is 2.40 bits per heavy atom. The Hall–Kier alpha value is -0.380. The standard InChI is InChI=1S/C12H17BrN2/c13-11-3-1-10(2-4-11)9-15-7-5-12(14)6-8-15/h1-4,12H,5-9,14H2. The Morgan fingerprint density at radius 2 is 1.80 bits per heavy atom. The van der Waals surface area contributed by atoms with Crippen LogP contribution in [0.2, 0.25) is 0 Å². The molecule has 0 saturated carbocycles. The monoisotopic (exact) mass is 268 g/mol. The maximum Gasteiger partial charge on any atom is 0.0233 e. The summed E-state index contributed by atoms with van der Waals surface area (Å²) >= 11 is 3.45. The van der Waals surface area contributed by atoms with Crippen LogP contribution >= 0.6 is 15.9 Å². The lowest BCUT2D eigenvalue weighted by molar-refractivity contribution is 0.205. The third kappa shape index (κ3) is 3.30. The van der Waals surface area contributed by atoms with Crippen molar-refractivity contribution in [1.82, 2.24) is 4.90 Å². The van der Waals surface area contributed by atoms with E-state index in [2.05, 4.69) is 45.1 Å². The molecule has 3 heteroatoms. The Morgan fingerprint density at radius 1 is 1.20 bits per heavy atom. The Labute approximate surface area is 99.6 Å². The van der Waals surface area contributed by atoms with E-state index in [9.17, 15) is 0 Å². The lowest BCUT2D eigenvalue weighted by Crippen LogP contribution is -2.39. The topological polar surface area (TPSA) is 29.3 Å². The minimum absolute atomic E-state index is 0.422. The normalized spacial score (nSPS) is 19.3. The summed E-state index contributed by atoms with van der Waals surface area (Å²) in [6.07, 6.45) is 2.27. The minimum Gasteiger partial charge on any atom is -0.328 e. The Kier molecular flexibility index (Phi) is 3.78. The molecule has 0 spiro atoms. The number of hydrogen-bond donors (Lipinski definition) is 1. The maximum absolute atomic E-state index is 5.88. The van der Waals surface area contributed by atoms with E-state index in [-0.39, 0.29) is 0 Å². The van der Waals surface area contributed by atoms with Gasteiger partial charge < -0.3 is 5.73 Å². The van der Waals surface area contributed by atoms with Crippen LogP contribution in [0.3, 0.4) is 0 Å². The Balaban J connectivity index is 1.89. The lowest BCUT2D eigenvalue weighted by atomic mass is 10.1. The fourth-order valence-electron chi connectivity index (χ4n) is 1.96. The van der Waals surface area contributed by atoms with Crippen LogP contribution in [-0.4, -0.2) is 24.0 Å². The van der Waals surface area contributed by atoms with Crippen LogP contribution in [0.1, 0.15) is 18.4 Å². The van der Waals surface area contributed by atoms with Crippen molar-refractivity contribution in [3.63, 3.8) is 0 Å². The highest BCUT2D eigenvalue weighted by Crippen LogP contribution is 2.15. The Bertz CT molecular complexity index is 302. The largest absolute Gasteiger partial charge is 0.328 e. The van der Waals surface area contributed by atoms with Gasteiger partial charge in [-0.3, -0.25) is 4.90 Å². The summed E-state index contributed by atoms with van der Waals surface area (Å²) in [4.78, 5) is 2.48. The quantitative estimate of drug-likeness (QED) is 0.893. The van der Waals surface area contributed by atoms with Crippen LogP contribution in [0, 0.1) is 0 Å².